The first kappa shape index (κ1) is 12.9. The van der Waals surface area contributed by atoms with Crippen molar-refractivity contribution in [3.8, 4) is 0 Å². The van der Waals surface area contributed by atoms with Crippen LogP contribution in [0.3, 0.4) is 0 Å². The van der Waals surface area contributed by atoms with Crippen LogP contribution in [0.1, 0.15) is 11.1 Å². The molecule has 5 nitrogen and oxygen atoms in total. The molecule has 1 aliphatic rings. The van der Waals surface area contributed by atoms with Crippen LogP contribution in [0, 0.1) is 0 Å². The quantitative estimate of drug-likeness (QED) is 0.757. The maximum absolute atomic E-state index is 5.97. The molecular formula is C17H17N5. The van der Waals surface area contributed by atoms with Gasteiger partial charge in [-0.1, -0.05) is 24.3 Å². The maximum atomic E-state index is 5.97. The smallest absolute Gasteiger partial charge is 0.222 e. The van der Waals surface area contributed by atoms with Gasteiger partial charge in [0.1, 0.15) is 5.82 Å². The molecule has 0 unspecified atom stereocenters. The maximum Gasteiger partial charge on any atom is 0.222 e. The lowest BCUT2D eigenvalue weighted by Gasteiger charge is -2.19. The fourth-order valence-electron chi connectivity index (χ4n) is 3.11. The lowest BCUT2D eigenvalue weighted by molar-refractivity contribution is 0.837. The molecule has 0 radical (unpaired) electrons. The summed E-state index contributed by atoms with van der Waals surface area (Å²) in [5.74, 6) is 0.650. The highest BCUT2D eigenvalue weighted by atomic mass is 15.1. The molecule has 0 bridgehead atoms. The Morgan fingerprint density at radius 1 is 1.05 bits per heavy atom. The van der Waals surface area contributed by atoms with Crippen LogP contribution in [-0.2, 0) is 13.0 Å². The molecule has 3 aromatic rings. The Kier molecular flexibility index (Phi) is 2.85. The average Bonchev–Trinajstić information content (AvgIpc) is 2.91. The minimum Gasteiger partial charge on any atom is -0.383 e. The van der Waals surface area contributed by atoms with E-state index < -0.39 is 0 Å². The summed E-state index contributed by atoms with van der Waals surface area (Å²) >= 11 is 0. The summed E-state index contributed by atoms with van der Waals surface area (Å²) in [6.07, 6.45) is 1.10. The van der Waals surface area contributed by atoms with Crippen LogP contribution in [-0.4, -0.2) is 16.5 Å². The molecule has 110 valence electrons. The van der Waals surface area contributed by atoms with E-state index in [1.807, 2.05) is 6.07 Å². The van der Waals surface area contributed by atoms with E-state index in [4.69, 9.17) is 11.5 Å². The van der Waals surface area contributed by atoms with E-state index in [9.17, 15) is 0 Å². The fourth-order valence-corrected chi connectivity index (χ4v) is 3.11. The van der Waals surface area contributed by atoms with Gasteiger partial charge in [-0.15, -0.1) is 0 Å². The number of nitrogens with two attached hydrogens (primary N) is 2. The third-order valence-corrected chi connectivity index (χ3v) is 4.16. The highest BCUT2D eigenvalue weighted by molar-refractivity contribution is 5.89. The second kappa shape index (κ2) is 4.87. The van der Waals surface area contributed by atoms with E-state index in [0.29, 0.717) is 5.82 Å². The van der Waals surface area contributed by atoms with Gasteiger partial charge in [-0.3, -0.25) is 0 Å². The number of nitrogens with zero attached hydrogens (tertiary/aromatic N) is 3. The van der Waals surface area contributed by atoms with E-state index in [1.54, 1.807) is 0 Å². The van der Waals surface area contributed by atoms with E-state index in [2.05, 4.69) is 51.3 Å². The third-order valence-electron chi connectivity index (χ3n) is 4.16. The summed E-state index contributed by atoms with van der Waals surface area (Å²) in [6.45, 7) is 1.90. The van der Waals surface area contributed by atoms with Crippen molar-refractivity contribution in [1.29, 1.82) is 0 Å². The number of hydrogen-bond donors (Lipinski definition) is 2. The van der Waals surface area contributed by atoms with E-state index in [1.165, 1.54) is 16.8 Å². The summed E-state index contributed by atoms with van der Waals surface area (Å²) < 4.78 is 0. The Hall–Kier alpha value is -2.82. The van der Waals surface area contributed by atoms with Crippen molar-refractivity contribution in [2.24, 2.45) is 0 Å². The van der Waals surface area contributed by atoms with E-state index in [0.717, 1.165) is 30.4 Å². The standard InChI is InChI=1S/C17H17N5/c18-16-13-9-11(5-6-14(13)20-17(19)21-16)10-22-8-7-12-3-1-2-4-15(12)22/h1-6,9H,7-8,10H2,(H4,18,19,20,21). The lowest BCUT2D eigenvalue weighted by atomic mass is 10.1. The van der Waals surface area contributed by atoms with Crippen molar-refractivity contribution in [3.63, 3.8) is 0 Å². The van der Waals surface area contributed by atoms with E-state index >= 15 is 0 Å². The van der Waals surface area contributed by atoms with Crippen LogP contribution in [0.25, 0.3) is 10.9 Å². The molecule has 1 aliphatic heterocycles. The van der Waals surface area contributed by atoms with Gasteiger partial charge in [0.25, 0.3) is 0 Å². The molecule has 0 saturated carbocycles. The molecule has 4 rings (SSSR count). The van der Waals surface area contributed by atoms with Gasteiger partial charge in [-0.2, -0.15) is 4.98 Å². The Balaban J connectivity index is 1.68. The molecule has 1 aromatic heterocycles. The number of para-hydroxylation sites is 1. The highest BCUT2D eigenvalue weighted by Crippen LogP contribution is 2.29. The second-order valence-corrected chi connectivity index (χ2v) is 5.62. The van der Waals surface area contributed by atoms with E-state index in [-0.39, 0.29) is 5.95 Å². The molecule has 5 heteroatoms. The summed E-state index contributed by atoms with van der Waals surface area (Å²) in [6, 6.07) is 14.7. The molecule has 0 aliphatic carbocycles. The van der Waals surface area contributed by atoms with Crippen molar-refractivity contribution in [1.82, 2.24) is 9.97 Å². The van der Waals surface area contributed by atoms with Gasteiger partial charge < -0.3 is 16.4 Å². The van der Waals surface area contributed by atoms with Crippen molar-refractivity contribution in [2.45, 2.75) is 13.0 Å². The van der Waals surface area contributed by atoms with Gasteiger partial charge in [0.2, 0.25) is 5.95 Å². The first-order valence-electron chi connectivity index (χ1n) is 7.35. The first-order chi connectivity index (χ1) is 10.7. The van der Waals surface area contributed by atoms with Crippen molar-refractivity contribution in [3.05, 3.63) is 53.6 Å². The minimum absolute atomic E-state index is 0.214. The summed E-state index contributed by atoms with van der Waals surface area (Å²) in [4.78, 5) is 10.7. The van der Waals surface area contributed by atoms with Gasteiger partial charge in [0.15, 0.2) is 0 Å². The first-order valence-corrected chi connectivity index (χ1v) is 7.35. The number of hydrogen-bond acceptors (Lipinski definition) is 5. The van der Waals surface area contributed by atoms with Gasteiger partial charge in [-0.25, -0.2) is 4.98 Å². The number of rotatable bonds is 2. The summed E-state index contributed by atoms with van der Waals surface area (Å²) in [7, 11) is 0. The second-order valence-electron chi connectivity index (χ2n) is 5.62. The van der Waals surface area contributed by atoms with Gasteiger partial charge >= 0.3 is 0 Å². The Morgan fingerprint density at radius 3 is 2.82 bits per heavy atom. The zero-order chi connectivity index (χ0) is 15.1. The topological polar surface area (TPSA) is 81.1 Å². The molecule has 0 amide bonds. The Morgan fingerprint density at radius 2 is 1.91 bits per heavy atom. The minimum atomic E-state index is 0.214. The lowest BCUT2D eigenvalue weighted by Crippen LogP contribution is -2.19. The Labute approximate surface area is 128 Å². The molecule has 0 atom stereocenters. The normalized spacial score (nSPS) is 13.5. The molecule has 0 spiro atoms. The number of anilines is 3. The van der Waals surface area contributed by atoms with Crippen molar-refractivity contribution in [2.75, 3.05) is 22.9 Å². The van der Waals surface area contributed by atoms with Crippen LogP contribution in [0.2, 0.25) is 0 Å². The van der Waals surface area contributed by atoms with Crippen LogP contribution < -0.4 is 16.4 Å². The average molecular weight is 291 g/mol. The zero-order valence-electron chi connectivity index (χ0n) is 12.2. The molecule has 22 heavy (non-hydrogen) atoms. The van der Waals surface area contributed by atoms with Crippen LogP contribution in [0.5, 0.6) is 0 Å². The SMILES string of the molecule is Nc1nc(N)c2cc(CN3CCc4ccccc43)ccc2n1. The number of fused-ring (bicyclic) bond motifs is 2. The predicted molar refractivity (Wildman–Crippen MR) is 89.6 cm³/mol. The van der Waals surface area contributed by atoms with Crippen molar-refractivity contribution >= 4 is 28.4 Å². The highest BCUT2D eigenvalue weighted by Gasteiger charge is 2.18. The van der Waals surface area contributed by atoms with Crippen molar-refractivity contribution < 1.29 is 0 Å². The van der Waals surface area contributed by atoms with Crippen LogP contribution in [0.15, 0.2) is 42.5 Å². The fraction of sp³-hybridized carbons (Fsp3) is 0.176. The molecule has 0 saturated heterocycles. The van der Waals surface area contributed by atoms with Gasteiger partial charge in [-0.05, 0) is 35.7 Å². The monoisotopic (exact) mass is 291 g/mol. The van der Waals surface area contributed by atoms with Gasteiger partial charge in [0.05, 0.1) is 5.52 Å². The number of aromatic nitrogens is 2. The predicted octanol–water partition coefficient (Wildman–Crippen LogP) is 2.36. The summed E-state index contributed by atoms with van der Waals surface area (Å²) in [5.41, 5.74) is 16.3. The Bertz CT molecular complexity index is 859. The largest absolute Gasteiger partial charge is 0.383 e. The molecule has 2 heterocycles. The molecule has 2 aromatic carbocycles. The van der Waals surface area contributed by atoms with Crippen LogP contribution >= 0.6 is 0 Å². The zero-order valence-corrected chi connectivity index (χ0v) is 12.2. The molecule has 0 fully saturated rings. The van der Waals surface area contributed by atoms with Crippen LogP contribution in [0.4, 0.5) is 17.5 Å². The third kappa shape index (κ3) is 2.11. The summed E-state index contributed by atoms with van der Waals surface area (Å²) in [5, 5.41) is 0.860. The number of benzene rings is 2. The molecule has 4 N–H and O–H groups in total. The van der Waals surface area contributed by atoms with Gasteiger partial charge in [0, 0.05) is 24.2 Å². The molecular weight excluding hydrogens is 274 g/mol. The number of nitrogen functional groups attached to an aromatic ring is 2.